The molecule has 2 rings (SSSR count). The Kier molecular flexibility index (Phi) is 3.65. The van der Waals surface area contributed by atoms with Crippen molar-refractivity contribution in [1.82, 2.24) is 20.1 Å². The van der Waals surface area contributed by atoms with Crippen LogP contribution in [-0.2, 0) is 6.54 Å². The summed E-state index contributed by atoms with van der Waals surface area (Å²) < 4.78 is 4.97. The summed E-state index contributed by atoms with van der Waals surface area (Å²) >= 11 is 0. The van der Waals surface area contributed by atoms with Gasteiger partial charge in [0.25, 0.3) is 5.91 Å². The number of rotatable bonds is 4. The molecule has 2 N–H and O–H groups in total. The summed E-state index contributed by atoms with van der Waals surface area (Å²) in [5.41, 5.74) is 0.182. The van der Waals surface area contributed by atoms with Crippen molar-refractivity contribution in [2.24, 2.45) is 0 Å². The summed E-state index contributed by atoms with van der Waals surface area (Å²) in [5, 5.41) is 16.3. The van der Waals surface area contributed by atoms with Gasteiger partial charge in [-0.15, -0.1) is 0 Å². The quantitative estimate of drug-likeness (QED) is 0.850. The number of H-pyrrole nitrogens is 1. The minimum Gasteiger partial charge on any atom is -0.504 e. The molecule has 0 spiro atoms. The highest BCUT2D eigenvalue weighted by molar-refractivity contribution is 5.97. The highest BCUT2D eigenvalue weighted by Gasteiger charge is 2.19. The Balaban J connectivity index is 2.19. The third-order valence-corrected chi connectivity index (χ3v) is 2.65. The summed E-state index contributed by atoms with van der Waals surface area (Å²) in [6.45, 7) is 0.273. The smallest absolute Gasteiger partial charge is 0.257 e. The van der Waals surface area contributed by atoms with Crippen LogP contribution in [0.1, 0.15) is 16.2 Å². The molecule has 1 aromatic carbocycles. The number of amides is 1. The first-order valence-corrected chi connectivity index (χ1v) is 5.59. The molecule has 0 atom stereocenters. The monoisotopic (exact) mass is 262 g/mol. The van der Waals surface area contributed by atoms with Gasteiger partial charge in [-0.25, -0.2) is 4.98 Å². The molecule has 1 aromatic heterocycles. The first-order chi connectivity index (χ1) is 9.13. The molecule has 100 valence electrons. The maximum atomic E-state index is 12.2. The Morgan fingerprint density at radius 1 is 1.53 bits per heavy atom. The molecule has 0 fully saturated rings. The van der Waals surface area contributed by atoms with Crippen LogP contribution in [0.4, 0.5) is 0 Å². The third kappa shape index (κ3) is 2.65. The van der Waals surface area contributed by atoms with Crippen molar-refractivity contribution < 1.29 is 14.6 Å². The average molecular weight is 262 g/mol. The molecule has 7 nitrogen and oxygen atoms in total. The molecular weight excluding hydrogens is 248 g/mol. The fraction of sp³-hybridized carbons (Fsp3) is 0.250. The number of hydrogen-bond acceptors (Lipinski definition) is 5. The van der Waals surface area contributed by atoms with Crippen molar-refractivity contribution in [3.63, 3.8) is 0 Å². The molecule has 0 radical (unpaired) electrons. The lowest BCUT2D eigenvalue weighted by molar-refractivity contribution is 0.0778. The summed E-state index contributed by atoms with van der Waals surface area (Å²) in [5.74, 6) is 0.337. The fourth-order valence-electron chi connectivity index (χ4n) is 1.67. The molecule has 0 aliphatic carbocycles. The molecule has 0 saturated heterocycles. The Morgan fingerprint density at radius 2 is 2.32 bits per heavy atom. The topological polar surface area (TPSA) is 91.3 Å². The van der Waals surface area contributed by atoms with Gasteiger partial charge in [0.05, 0.1) is 19.2 Å². The summed E-state index contributed by atoms with van der Waals surface area (Å²) in [6, 6.07) is 4.77. The Labute approximate surface area is 109 Å². The van der Waals surface area contributed by atoms with Crippen molar-refractivity contribution in [3.05, 3.63) is 35.9 Å². The van der Waals surface area contributed by atoms with Crippen LogP contribution in [0.15, 0.2) is 24.5 Å². The molecule has 0 aliphatic rings. The van der Waals surface area contributed by atoms with E-state index in [0.29, 0.717) is 5.82 Å². The number of phenols is 1. The van der Waals surface area contributed by atoms with E-state index in [1.807, 2.05) is 0 Å². The van der Waals surface area contributed by atoms with Crippen LogP contribution in [0.25, 0.3) is 0 Å². The van der Waals surface area contributed by atoms with E-state index in [1.165, 1.54) is 24.4 Å². The molecule has 1 amide bonds. The first-order valence-electron chi connectivity index (χ1n) is 5.59. The summed E-state index contributed by atoms with van der Waals surface area (Å²) in [7, 11) is 3.05. The normalized spacial score (nSPS) is 10.2. The number of para-hydroxylation sites is 1. The zero-order valence-corrected chi connectivity index (χ0v) is 10.6. The van der Waals surface area contributed by atoms with E-state index in [-0.39, 0.29) is 29.5 Å². The number of benzene rings is 1. The van der Waals surface area contributed by atoms with E-state index in [4.69, 9.17) is 4.74 Å². The molecule has 0 unspecified atom stereocenters. The van der Waals surface area contributed by atoms with E-state index in [9.17, 15) is 9.90 Å². The molecule has 1 heterocycles. The second-order valence-electron chi connectivity index (χ2n) is 3.95. The lowest BCUT2D eigenvalue weighted by Gasteiger charge is -2.17. The minimum atomic E-state index is -0.326. The van der Waals surface area contributed by atoms with E-state index >= 15 is 0 Å². The second-order valence-corrected chi connectivity index (χ2v) is 3.95. The van der Waals surface area contributed by atoms with Crippen molar-refractivity contribution in [2.45, 2.75) is 6.54 Å². The largest absolute Gasteiger partial charge is 0.504 e. The zero-order valence-electron chi connectivity index (χ0n) is 10.6. The molecular formula is C12H14N4O3. The molecule has 0 aliphatic heterocycles. The average Bonchev–Trinajstić information content (AvgIpc) is 2.91. The SMILES string of the molecule is COc1cccc(C(=O)N(C)Cc2ncn[nH]2)c1O. The van der Waals surface area contributed by atoms with Crippen LogP contribution in [0.3, 0.4) is 0 Å². The Hall–Kier alpha value is -2.57. The standard InChI is InChI=1S/C12H14N4O3/c1-16(6-10-13-7-14-15-10)12(18)8-4-3-5-9(19-2)11(8)17/h3-5,7,17H,6H2,1-2H3,(H,13,14,15). The van der Waals surface area contributed by atoms with Gasteiger partial charge in [-0.05, 0) is 12.1 Å². The molecule has 2 aromatic rings. The summed E-state index contributed by atoms with van der Waals surface area (Å²) in [4.78, 5) is 17.6. The molecule has 7 heteroatoms. The van der Waals surface area contributed by atoms with Crippen molar-refractivity contribution in [1.29, 1.82) is 0 Å². The molecule has 0 saturated carbocycles. The summed E-state index contributed by atoms with van der Waals surface area (Å²) in [6.07, 6.45) is 1.37. The number of carbonyl (C=O) groups excluding carboxylic acids is 1. The number of ether oxygens (including phenoxy) is 1. The van der Waals surface area contributed by atoms with Crippen LogP contribution in [-0.4, -0.2) is 45.3 Å². The highest BCUT2D eigenvalue weighted by atomic mass is 16.5. The zero-order chi connectivity index (χ0) is 13.8. The van der Waals surface area contributed by atoms with Crippen LogP contribution >= 0.6 is 0 Å². The number of phenolic OH excluding ortho intramolecular Hbond substituents is 1. The van der Waals surface area contributed by atoms with Gasteiger partial charge in [-0.1, -0.05) is 6.07 Å². The first kappa shape index (κ1) is 12.9. The number of aromatic nitrogens is 3. The predicted molar refractivity (Wildman–Crippen MR) is 66.8 cm³/mol. The third-order valence-electron chi connectivity index (χ3n) is 2.65. The van der Waals surface area contributed by atoms with Crippen LogP contribution in [0, 0.1) is 0 Å². The van der Waals surface area contributed by atoms with Gasteiger partial charge in [0.1, 0.15) is 12.2 Å². The number of nitrogens with zero attached hydrogens (tertiary/aromatic N) is 3. The number of carbonyl (C=O) groups is 1. The lowest BCUT2D eigenvalue weighted by Crippen LogP contribution is -2.26. The van der Waals surface area contributed by atoms with Gasteiger partial charge >= 0.3 is 0 Å². The molecule has 0 bridgehead atoms. The Morgan fingerprint density at radius 3 is 2.95 bits per heavy atom. The number of aromatic hydroxyl groups is 1. The van der Waals surface area contributed by atoms with Gasteiger partial charge in [0.2, 0.25) is 0 Å². The van der Waals surface area contributed by atoms with Gasteiger partial charge in [-0.3, -0.25) is 9.89 Å². The Bertz CT molecular complexity index is 568. The lowest BCUT2D eigenvalue weighted by atomic mass is 10.1. The maximum Gasteiger partial charge on any atom is 0.257 e. The van der Waals surface area contributed by atoms with Gasteiger partial charge < -0.3 is 14.7 Å². The minimum absolute atomic E-state index is 0.167. The van der Waals surface area contributed by atoms with E-state index < -0.39 is 0 Å². The van der Waals surface area contributed by atoms with E-state index in [0.717, 1.165) is 0 Å². The number of aromatic amines is 1. The van der Waals surface area contributed by atoms with Crippen molar-refractivity contribution in [2.75, 3.05) is 14.2 Å². The van der Waals surface area contributed by atoms with Crippen molar-refractivity contribution in [3.8, 4) is 11.5 Å². The van der Waals surface area contributed by atoms with Crippen LogP contribution < -0.4 is 4.74 Å². The number of hydrogen-bond donors (Lipinski definition) is 2. The van der Waals surface area contributed by atoms with E-state index in [2.05, 4.69) is 15.2 Å². The number of methoxy groups -OCH3 is 1. The highest BCUT2D eigenvalue weighted by Crippen LogP contribution is 2.30. The number of nitrogens with one attached hydrogen (secondary N) is 1. The van der Waals surface area contributed by atoms with E-state index in [1.54, 1.807) is 19.2 Å². The fourth-order valence-corrected chi connectivity index (χ4v) is 1.67. The maximum absolute atomic E-state index is 12.2. The van der Waals surface area contributed by atoms with Gasteiger partial charge in [-0.2, -0.15) is 5.10 Å². The van der Waals surface area contributed by atoms with Crippen LogP contribution in [0.5, 0.6) is 11.5 Å². The van der Waals surface area contributed by atoms with Gasteiger partial charge in [0, 0.05) is 7.05 Å². The van der Waals surface area contributed by atoms with Gasteiger partial charge in [0.15, 0.2) is 11.5 Å². The molecule has 19 heavy (non-hydrogen) atoms. The van der Waals surface area contributed by atoms with Crippen molar-refractivity contribution >= 4 is 5.91 Å². The predicted octanol–water partition coefficient (Wildman–Crippen LogP) is 0.791. The second kappa shape index (κ2) is 5.38. The van der Waals surface area contributed by atoms with Crippen LogP contribution in [0.2, 0.25) is 0 Å².